The van der Waals surface area contributed by atoms with E-state index in [4.69, 9.17) is 4.84 Å². The van der Waals surface area contributed by atoms with Crippen molar-refractivity contribution < 1.29 is 66.2 Å². The molecule has 5 heteroatoms. The van der Waals surface area contributed by atoms with Crippen molar-refractivity contribution in [2.75, 3.05) is 0 Å². The van der Waals surface area contributed by atoms with Crippen LogP contribution in [0.4, 0.5) is 0 Å². The molecule has 0 aliphatic heterocycles. The zero-order valence-electron chi connectivity index (χ0n) is 3.32. The fraction of sp³-hybridized carbons (Fsp3) is 0. The summed E-state index contributed by atoms with van der Waals surface area (Å²) in [6.07, 6.45) is 0. The Kier molecular flexibility index (Phi) is 152. The van der Waals surface area contributed by atoms with Gasteiger partial charge in [-0.15, -0.1) is 0 Å². The quantitative estimate of drug-likeness (QED) is 0.281. The van der Waals surface area contributed by atoms with Crippen molar-refractivity contribution in [3.63, 3.8) is 0 Å². The van der Waals surface area contributed by atoms with Crippen LogP contribution in [0, 0.1) is 0 Å². The van der Waals surface area contributed by atoms with Crippen LogP contribution in [-0.4, -0.2) is 5.48 Å². The van der Waals surface area contributed by atoms with Crippen molar-refractivity contribution in [1.82, 2.24) is 0 Å². The van der Waals surface area contributed by atoms with Crippen molar-refractivity contribution in [1.29, 1.82) is 0 Å². The molecule has 0 saturated carbocycles. The van der Waals surface area contributed by atoms with Crippen LogP contribution in [-0.2, 0) is 4.84 Å². The Balaban J connectivity index is -0.0000000133. The van der Waals surface area contributed by atoms with Crippen LogP contribution in [0.5, 0.6) is 0 Å². The first kappa shape index (κ1) is 16.0. The standard InChI is InChI=1S/2Na.H2O.2O/h;;1H2;;/q2*+1;;;. The first-order chi connectivity index (χ1) is 2.00. The first-order valence-corrected chi connectivity index (χ1v) is 2.45. The van der Waals surface area contributed by atoms with Crippen LogP contribution in [0.3, 0.4) is 0 Å². The zero-order chi connectivity index (χ0) is 4.00. The van der Waals surface area contributed by atoms with Crippen LogP contribution in [0.1, 0.15) is 0 Å². The molecular weight excluding hydrogens is 94.0 g/mol. The Bertz CT molecular complexity index is 6.85. The second-order valence-electron chi connectivity index (χ2n) is 0. The maximum absolute atomic E-state index is 8.39. The number of hydrogen-bond donors (Lipinski definition) is 0. The van der Waals surface area contributed by atoms with E-state index < -0.39 is 0 Å². The predicted octanol–water partition coefficient (Wildman–Crippen LogP) is -7.05. The Morgan fingerprint density at radius 1 is 0.800 bits per heavy atom. The summed E-state index contributed by atoms with van der Waals surface area (Å²) in [5.74, 6) is 0. The molecule has 3 nitrogen and oxygen atoms in total. The van der Waals surface area contributed by atoms with Crippen LogP contribution in [0.15, 0.2) is 0 Å². The summed E-state index contributed by atoms with van der Waals surface area (Å²) in [5, 5.41) is 0. The zero-order valence-corrected chi connectivity index (χ0v) is 7.32. The molecule has 0 aliphatic rings. The van der Waals surface area contributed by atoms with Gasteiger partial charge in [0.2, 0.25) is 0 Å². The van der Waals surface area contributed by atoms with Crippen molar-refractivity contribution in [2.45, 2.75) is 0 Å². The summed E-state index contributed by atoms with van der Waals surface area (Å²) in [6.45, 7) is 0. The van der Waals surface area contributed by atoms with E-state index in [1.54, 1.807) is 0 Å². The van der Waals surface area contributed by atoms with Crippen molar-refractivity contribution in [3.8, 4) is 0 Å². The van der Waals surface area contributed by atoms with E-state index in [0.717, 1.165) is 0 Å². The average Bonchev–Trinajstić information content (AvgIpc) is 1.50. The van der Waals surface area contributed by atoms with E-state index in [1.165, 1.54) is 0 Å². The van der Waals surface area contributed by atoms with Gasteiger partial charge in [0.15, 0.2) is 0 Å². The SMILES string of the molecule is O.[O]=[Na+].[O]=[Na+]. The van der Waals surface area contributed by atoms with E-state index in [2.05, 4.69) is 0 Å². The molecule has 12 radical (unpaired) electrons. The minimum absolute atomic E-state index is 0. The van der Waals surface area contributed by atoms with Gasteiger partial charge in [0.25, 0.3) is 0 Å². The van der Waals surface area contributed by atoms with E-state index in [9.17, 15) is 0 Å². The summed E-state index contributed by atoms with van der Waals surface area (Å²) >= 11 is 0.111. The molecule has 0 atom stereocenters. The van der Waals surface area contributed by atoms with Crippen molar-refractivity contribution >= 4 is 0 Å². The molecule has 0 aliphatic carbocycles. The van der Waals surface area contributed by atoms with E-state index >= 15 is 0 Å². The summed E-state index contributed by atoms with van der Waals surface area (Å²) in [6, 6.07) is 0. The molecule has 0 bridgehead atoms. The number of rotatable bonds is 0. The Labute approximate surface area is 65.3 Å². The third-order valence-corrected chi connectivity index (χ3v) is 0. The van der Waals surface area contributed by atoms with Crippen LogP contribution >= 0.6 is 0 Å². The Morgan fingerprint density at radius 2 is 0.800 bits per heavy atom. The third-order valence-electron chi connectivity index (χ3n) is 0. The molecule has 0 aromatic carbocycles. The minimum atomic E-state index is 0. The van der Waals surface area contributed by atoms with Gasteiger partial charge in [-0.1, -0.05) is 0 Å². The summed E-state index contributed by atoms with van der Waals surface area (Å²) in [7, 11) is 0. The van der Waals surface area contributed by atoms with E-state index in [-0.39, 0.29) is 61.4 Å². The van der Waals surface area contributed by atoms with Gasteiger partial charge in [0.05, 0.1) is 0 Å². The van der Waals surface area contributed by atoms with Crippen molar-refractivity contribution in [3.05, 3.63) is 0 Å². The van der Waals surface area contributed by atoms with E-state index in [1.807, 2.05) is 0 Å². The van der Waals surface area contributed by atoms with Gasteiger partial charge in [-0.3, -0.25) is 0 Å². The monoisotopic (exact) mass is 96.0 g/mol. The second-order valence-corrected chi connectivity index (χ2v) is 0. The topological polar surface area (TPSA) is 65.6 Å². The molecule has 20 valence electrons. The summed E-state index contributed by atoms with van der Waals surface area (Å²) in [4.78, 5) is 0. The normalized spacial score (nSPS) is 1.60. The van der Waals surface area contributed by atoms with Gasteiger partial charge in [0.1, 0.15) is 0 Å². The molecule has 5 heavy (non-hydrogen) atoms. The van der Waals surface area contributed by atoms with E-state index in [0.29, 0.717) is 0 Å². The second kappa shape index (κ2) is 47.5. The summed E-state index contributed by atoms with van der Waals surface area (Å²) < 4.78 is 16.8. The van der Waals surface area contributed by atoms with Crippen LogP contribution in [0.2, 0.25) is 0 Å². The Morgan fingerprint density at radius 3 is 0.800 bits per heavy atom. The molecule has 0 saturated heterocycles. The molecule has 0 fully saturated rings. The molecule has 0 rings (SSSR count). The van der Waals surface area contributed by atoms with Gasteiger partial charge in [-0.25, -0.2) is 0 Å². The van der Waals surface area contributed by atoms with Gasteiger partial charge in [-0.2, -0.15) is 0 Å². The Hall–Kier alpha value is 1.56. The molecule has 0 heterocycles. The van der Waals surface area contributed by atoms with Gasteiger partial charge in [0, 0.05) is 0 Å². The van der Waals surface area contributed by atoms with Crippen molar-refractivity contribution in [2.24, 2.45) is 0 Å². The van der Waals surface area contributed by atoms with Crippen LogP contribution < -0.4 is 55.9 Å². The first-order valence-electron chi connectivity index (χ1n) is 0.816. The number of hydrogen-bond acceptors (Lipinski definition) is 2. The fourth-order valence-corrected chi connectivity index (χ4v) is 0. The molecule has 0 aromatic heterocycles. The molecule has 0 amide bonds. The maximum atomic E-state index is 8.39. The van der Waals surface area contributed by atoms with Gasteiger partial charge < -0.3 is 5.48 Å². The molecule has 0 spiro atoms. The average molecular weight is 96.0 g/mol. The molecule has 2 N–H and O–H groups in total. The predicted molar refractivity (Wildman–Crippen MR) is 4.99 cm³/mol. The molecule has 0 aromatic rings. The molecule has 0 unspecified atom stereocenters. The molecular formula is H2Na2O3+2. The van der Waals surface area contributed by atoms with Gasteiger partial charge >= 0.3 is 60.8 Å². The van der Waals surface area contributed by atoms with Gasteiger partial charge in [-0.05, 0) is 0 Å². The fourth-order valence-electron chi connectivity index (χ4n) is 0. The third kappa shape index (κ3) is 29.0. The summed E-state index contributed by atoms with van der Waals surface area (Å²) in [5.41, 5.74) is 0. The van der Waals surface area contributed by atoms with Crippen LogP contribution in [0.25, 0.3) is 0 Å².